The fourth-order valence-electron chi connectivity index (χ4n) is 3.46. The van der Waals surface area contributed by atoms with Crippen LogP contribution in [0.5, 0.6) is 0 Å². The molecule has 1 saturated heterocycles. The van der Waals surface area contributed by atoms with Crippen molar-refractivity contribution in [2.75, 3.05) is 30.4 Å². The van der Waals surface area contributed by atoms with Crippen LogP contribution in [-0.4, -0.2) is 36.7 Å². The molecule has 0 radical (unpaired) electrons. The topological polar surface area (TPSA) is 62.5 Å². The van der Waals surface area contributed by atoms with Gasteiger partial charge in [-0.3, -0.25) is 4.79 Å². The van der Waals surface area contributed by atoms with Gasteiger partial charge in [-0.15, -0.1) is 0 Å². The van der Waals surface area contributed by atoms with E-state index in [9.17, 15) is 4.79 Å². The molecule has 0 N–H and O–H groups in total. The number of carbonyl (C=O) groups is 1. The summed E-state index contributed by atoms with van der Waals surface area (Å²) < 4.78 is 5.50. The van der Waals surface area contributed by atoms with Gasteiger partial charge < -0.3 is 14.3 Å². The van der Waals surface area contributed by atoms with Gasteiger partial charge in [0, 0.05) is 44.0 Å². The number of anilines is 2. The molecule has 1 fully saturated rings. The van der Waals surface area contributed by atoms with Crippen LogP contribution in [0.15, 0.2) is 53.1 Å². The molecule has 0 bridgehead atoms. The standard InChI is InChI=1S/C22H24N4O2/c1-4-15-5-9-19(10-6-15)26-14-17(13-20(26)27)22-23-21(24-28-22)16-7-11-18(12-8-16)25(2)3/h5-12,17H,4,13-14H2,1-3H3/t17-/m1/s1. The SMILES string of the molecule is CCc1ccc(N2C[C@H](c3nc(-c4ccc(N(C)C)cc4)no3)CC2=O)cc1. The van der Waals surface area contributed by atoms with Gasteiger partial charge in [-0.2, -0.15) is 4.98 Å². The summed E-state index contributed by atoms with van der Waals surface area (Å²) in [5.41, 5.74) is 4.19. The van der Waals surface area contributed by atoms with Crippen molar-refractivity contribution in [2.45, 2.75) is 25.7 Å². The van der Waals surface area contributed by atoms with Gasteiger partial charge >= 0.3 is 0 Å². The Bertz CT molecular complexity index is 961. The Balaban J connectivity index is 1.50. The number of aryl methyl sites for hydroxylation is 1. The third kappa shape index (κ3) is 3.50. The lowest BCUT2D eigenvalue weighted by Crippen LogP contribution is -2.24. The van der Waals surface area contributed by atoms with E-state index in [1.807, 2.05) is 55.4 Å². The Morgan fingerprint density at radius 3 is 2.46 bits per heavy atom. The molecule has 1 amide bonds. The second-order valence-corrected chi connectivity index (χ2v) is 7.32. The van der Waals surface area contributed by atoms with Gasteiger partial charge in [0.15, 0.2) is 0 Å². The molecule has 6 nitrogen and oxygen atoms in total. The van der Waals surface area contributed by atoms with Crippen LogP contribution in [0.3, 0.4) is 0 Å². The summed E-state index contributed by atoms with van der Waals surface area (Å²) >= 11 is 0. The van der Waals surface area contributed by atoms with E-state index < -0.39 is 0 Å². The number of nitrogens with zero attached hydrogens (tertiary/aromatic N) is 4. The Kier molecular flexibility index (Phi) is 4.86. The minimum Gasteiger partial charge on any atom is -0.378 e. The lowest BCUT2D eigenvalue weighted by atomic mass is 10.1. The van der Waals surface area contributed by atoms with Gasteiger partial charge in [-0.1, -0.05) is 24.2 Å². The normalized spacial score (nSPS) is 16.6. The highest BCUT2D eigenvalue weighted by molar-refractivity contribution is 5.96. The van der Waals surface area contributed by atoms with Crippen LogP contribution in [0.2, 0.25) is 0 Å². The average Bonchev–Trinajstić information content (AvgIpc) is 3.35. The van der Waals surface area contributed by atoms with Gasteiger partial charge in [-0.25, -0.2) is 0 Å². The summed E-state index contributed by atoms with van der Waals surface area (Å²) in [6, 6.07) is 16.1. The van der Waals surface area contributed by atoms with Crippen LogP contribution in [0, 0.1) is 0 Å². The zero-order chi connectivity index (χ0) is 19.7. The molecule has 28 heavy (non-hydrogen) atoms. The first-order valence-corrected chi connectivity index (χ1v) is 9.56. The van der Waals surface area contributed by atoms with Crippen molar-refractivity contribution in [3.63, 3.8) is 0 Å². The lowest BCUT2D eigenvalue weighted by molar-refractivity contribution is -0.117. The minimum absolute atomic E-state index is 0.0827. The molecule has 3 aromatic rings. The monoisotopic (exact) mass is 376 g/mol. The van der Waals surface area contributed by atoms with Gasteiger partial charge in [0.1, 0.15) is 0 Å². The van der Waals surface area contributed by atoms with Crippen LogP contribution in [-0.2, 0) is 11.2 Å². The summed E-state index contributed by atoms with van der Waals surface area (Å²) in [4.78, 5) is 20.9. The van der Waals surface area contributed by atoms with Crippen LogP contribution in [0.1, 0.15) is 30.7 Å². The summed E-state index contributed by atoms with van der Waals surface area (Å²) in [7, 11) is 4.00. The highest BCUT2D eigenvalue weighted by Crippen LogP contribution is 2.32. The molecule has 0 spiro atoms. The van der Waals surface area contributed by atoms with Gasteiger partial charge in [0.25, 0.3) is 0 Å². The maximum atomic E-state index is 12.5. The van der Waals surface area contributed by atoms with Crippen LogP contribution >= 0.6 is 0 Å². The van der Waals surface area contributed by atoms with Gasteiger partial charge in [-0.05, 0) is 48.4 Å². The van der Waals surface area contributed by atoms with E-state index in [1.54, 1.807) is 4.90 Å². The van der Waals surface area contributed by atoms with Crippen molar-refractivity contribution in [1.82, 2.24) is 10.1 Å². The lowest BCUT2D eigenvalue weighted by Gasteiger charge is -2.16. The molecule has 1 aromatic heterocycles. The fourth-order valence-corrected chi connectivity index (χ4v) is 3.46. The molecule has 2 aromatic carbocycles. The van der Waals surface area contributed by atoms with Crippen molar-refractivity contribution in [2.24, 2.45) is 0 Å². The van der Waals surface area contributed by atoms with E-state index >= 15 is 0 Å². The van der Waals surface area contributed by atoms with Crippen molar-refractivity contribution in [1.29, 1.82) is 0 Å². The number of amides is 1. The number of hydrogen-bond acceptors (Lipinski definition) is 5. The summed E-state index contributed by atoms with van der Waals surface area (Å²) in [5.74, 6) is 1.08. The number of carbonyl (C=O) groups excluding carboxylic acids is 1. The third-order valence-electron chi connectivity index (χ3n) is 5.21. The first-order chi connectivity index (χ1) is 13.5. The van der Waals surface area contributed by atoms with E-state index in [1.165, 1.54) is 5.56 Å². The predicted octanol–water partition coefficient (Wildman–Crippen LogP) is 3.89. The Morgan fingerprint density at radius 1 is 1.11 bits per heavy atom. The Labute approximate surface area is 164 Å². The molecule has 1 aliphatic rings. The van der Waals surface area contributed by atoms with Crippen LogP contribution in [0.25, 0.3) is 11.4 Å². The Morgan fingerprint density at radius 2 is 1.82 bits per heavy atom. The number of benzene rings is 2. The quantitative estimate of drug-likeness (QED) is 0.676. The molecule has 0 unspecified atom stereocenters. The van der Waals surface area contributed by atoms with Gasteiger partial charge in [0.2, 0.25) is 17.6 Å². The molecule has 1 aliphatic heterocycles. The molecule has 0 aliphatic carbocycles. The van der Waals surface area contributed by atoms with Gasteiger partial charge in [0.05, 0.1) is 5.92 Å². The van der Waals surface area contributed by atoms with E-state index in [4.69, 9.17) is 4.52 Å². The largest absolute Gasteiger partial charge is 0.378 e. The first kappa shape index (κ1) is 18.2. The van der Waals surface area contributed by atoms with Crippen LogP contribution in [0.4, 0.5) is 11.4 Å². The average molecular weight is 376 g/mol. The van der Waals surface area contributed by atoms with Crippen molar-refractivity contribution >= 4 is 17.3 Å². The van der Waals surface area contributed by atoms with Crippen molar-refractivity contribution < 1.29 is 9.32 Å². The molecule has 144 valence electrons. The Hall–Kier alpha value is -3.15. The highest BCUT2D eigenvalue weighted by Gasteiger charge is 2.35. The maximum absolute atomic E-state index is 12.5. The number of aromatic nitrogens is 2. The zero-order valence-electron chi connectivity index (χ0n) is 16.4. The summed E-state index contributed by atoms with van der Waals surface area (Å²) in [6.07, 6.45) is 1.37. The third-order valence-corrected chi connectivity index (χ3v) is 5.21. The molecule has 6 heteroatoms. The maximum Gasteiger partial charge on any atom is 0.232 e. The van der Waals surface area contributed by atoms with Crippen molar-refractivity contribution in [3.8, 4) is 11.4 Å². The summed E-state index contributed by atoms with van der Waals surface area (Å²) in [5, 5.41) is 4.12. The smallest absolute Gasteiger partial charge is 0.232 e. The molecular formula is C22H24N4O2. The highest BCUT2D eigenvalue weighted by atomic mass is 16.5. The summed E-state index contributed by atoms with van der Waals surface area (Å²) in [6.45, 7) is 2.68. The number of hydrogen-bond donors (Lipinski definition) is 0. The fraction of sp³-hybridized carbons (Fsp3) is 0.318. The second kappa shape index (κ2) is 7.46. The zero-order valence-corrected chi connectivity index (χ0v) is 16.4. The predicted molar refractivity (Wildman–Crippen MR) is 110 cm³/mol. The first-order valence-electron chi connectivity index (χ1n) is 9.56. The van der Waals surface area contributed by atoms with E-state index in [-0.39, 0.29) is 11.8 Å². The van der Waals surface area contributed by atoms with E-state index in [0.717, 1.165) is 23.4 Å². The number of rotatable bonds is 5. The molecular weight excluding hydrogens is 352 g/mol. The second-order valence-electron chi connectivity index (χ2n) is 7.32. The van der Waals surface area contributed by atoms with E-state index in [2.05, 4.69) is 29.2 Å². The molecule has 0 saturated carbocycles. The van der Waals surface area contributed by atoms with E-state index in [0.29, 0.717) is 24.7 Å². The minimum atomic E-state index is -0.0827. The van der Waals surface area contributed by atoms with Crippen LogP contribution < -0.4 is 9.80 Å². The molecule has 1 atom stereocenters. The van der Waals surface area contributed by atoms with Crippen molar-refractivity contribution in [3.05, 3.63) is 60.0 Å². The molecule has 4 rings (SSSR count). The molecule has 2 heterocycles.